The first-order valence-corrected chi connectivity index (χ1v) is 12.2. The van der Waals surface area contributed by atoms with Crippen LogP contribution < -0.4 is 15.5 Å². The van der Waals surface area contributed by atoms with Crippen molar-refractivity contribution in [2.75, 3.05) is 6.54 Å². The van der Waals surface area contributed by atoms with Crippen molar-refractivity contribution in [2.24, 2.45) is 5.10 Å². The molecule has 0 saturated carbocycles. The maximum atomic E-state index is 13.0. The molecule has 2 N–H and O–H groups in total. The van der Waals surface area contributed by atoms with Crippen molar-refractivity contribution >= 4 is 29.4 Å². The average molecular weight is 554 g/mol. The Hall–Kier alpha value is -5.91. The molecule has 0 bridgehead atoms. The molecule has 0 aliphatic rings. The predicted octanol–water partition coefficient (Wildman–Crippen LogP) is 4.69. The Morgan fingerprint density at radius 2 is 1.49 bits per heavy atom. The summed E-state index contributed by atoms with van der Waals surface area (Å²) >= 11 is 0. The van der Waals surface area contributed by atoms with E-state index in [9.17, 15) is 29.8 Å². The molecule has 0 heterocycles. The standard InChI is InChI=1S/C29H23N5O7/c35-27(19-30-29(36)28(21-9-3-1-4-10-21)22-11-5-2-6-12-22)32-31-18-20-8-7-13-24(16-20)41-26-15-14-23(33(37)38)17-25(26)34(39)40/h1-18,28H,19H2,(H,30,36)(H,32,35)/b31-18+. The van der Waals surface area contributed by atoms with Gasteiger partial charge in [-0.3, -0.25) is 29.8 Å². The number of ether oxygens (including phenoxy) is 1. The summed E-state index contributed by atoms with van der Waals surface area (Å²) in [6.07, 6.45) is 1.33. The Bertz CT molecular complexity index is 1550. The van der Waals surface area contributed by atoms with E-state index in [1.807, 2.05) is 60.7 Å². The van der Waals surface area contributed by atoms with Crippen LogP contribution in [0.15, 0.2) is 108 Å². The van der Waals surface area contributed by atoms with Crippen LogP contribution in [0, 0.1) is 20.2 Å². The van der Waals surface area contributed by atoms with E-state index >= 15 is 0 Å². The molecular formula is C29H23N5O7. The molecular weight excluding hydrogens is 530 g/mol. The second-order valence-corrected chi connectivity index (χ2v) is 8.61. The van der Waals surface area contributed by atoms with Gasteiger partial charge in [0.2, 0.25) is 11.7 Å². The van der Waals surface area contributed by atoms with E-state index in [0.717, 1.165) is 29.3 Å². The number of non-ortho nitro benzene ring substituents is 1. The molecule has 4 aromatic rings. The summed E-state index contributed by atoms with van der Waals surface area (Å²) in [6, 6.07) is 27.8. The molecule has 0 saturated heterocycles. The monoisotopic (exact) mass is 553 g/mol. The lowest BCUT2D eigenvalue weighted by molar-refractivity contribution is -0.394. The van der Waals surface area contributed by atoms with Crippen LogP contribution in [0.2, 0.25) is 0 Å². The zero-order valence-electron chi connectivity index (χ0n) is 21.4. The number of nitro groups is 2. The van der Waals surface area contributed by atoms with E-state index in [2.05, 4.69) is 15.8 Å². The van der Waals surface area contributed by atoms with Gasteiger partial charge in [0, 0.05) is 6.07 Å². The smallest absolute Gasteiger partial charge is 0.318 e. The van der Waals surface area contributed by atoms with Gasteiger partial charge >= 0.3 is 5.69 Å². The number of rotatable bonds is 11. The minimum Gasteiger partial charge on any atom is -0.450 e. The summed E-state index contributed by atoms with van der Waals surface area (Å²) < 4.78 is 5.57. The van der Waals surface area contributed by atoms with Crippen molar-refractivity contribution in [3.05, 3.63) is 140 Å². The summed E-state index contributed by atoms with van der Waals surface area (Å²) in [5.41, 5.74) is 3.40. The Labute approximate surface area is 233 Å². The Kier molecular flexibility index (Phi) is 9.08. The van der Waals surface area contributed by atoms with Crippen LogP contribution in [0.4, 0.5) is 11.4 Å². The molecule has 0 aliphatic heterocycles. The fourth-order valence-electron chi connectivity index (χ4n) is 3.91. The van der Waals surface area contributed by atoms with Crippen LogP contribution in [0.5, 0.6) is 11.5 Å². The Morgan fingerprint density at radius 1 is 0.829 bits per heavy atom. The number of carbonyl (C=O) groups is 2. The van der Waals surface area contributed by atoms with Gasteiger partial charge in [0.05, 0.1) is 34.6 Å². The molecule has 4 aromatic carbocycles. The zero-order valence-corrected chi connectivity index (χ0v) is 21.4. The van der Waals surface area contributed by atoms with E-state index in [0.29, 0.717) is 5.56 Å². The highest BCUT2D eigenvalue weighted by atomic mass is 16.6. The SMILES string of the molecule is O=C(CNC(=O)C(c1ccccc1)c1ccccc1)N/N=C/c1cccc(Oc2ccc([N+](=O)[O-])cc2[N+](=O)[O-])c1. The fourth-order valence-corrected chi connectivity index (χ4v) is 3.91. The van der Waals surface area contributed by atoms with Gasteiger partial charge in [-0.25, -0.2) is 5.43 Å². The van der Waals surface area contributed by atoms with Crippen LogP contribution in [0.3, 0.4) is 0 Å². The molecule has 41 heavy (non-hydrogen) atoms. The second-order valence-electron chi connectivity index (χ2n) is 8.61. The molecule has 4 rings (SSSR count). The van der Waals surface area contributed by atoms with Gasteiger partial charge in [-0.15, -0.1) is 0 Å². The fraction of sp³-hybridized carbons (Fsp3) is 0.0690. The maximum absolute atomic E-state index is 13.0. The van der Waals surface area contributed by atoms with Crippen LogP contribution in [0.1, 0.15) is 22.6 Å². The summed E-state index contributed by atoms with van der Waals surface area (Å²) in [7, 11) is 0. The number of amides is 2. The number of hydrogen-bond acceptors (Lipinski definition) is 8. The zero-order chi connectivity index (χ0) is 29.2. The second kappa shape index (κ2) is 13.2. The molecule has 12 nitrogen and oxygen atoms in total. The maximum Gasteiger partial charge on any atom is 0.318 e. The molecule has 0 unspecified atom stereocenters. The van der Waals surface area contributed by atoms with Crippen molar-refractivity contribution in [3.8, 4) is 11.5 Å². The molecule has 0 radical (unpaired) electrons. The number of hydrogen-bond donors (Lipinski definition) is 2. The molecule has 0 spiro atoms. The van der Waals surface area contributed by atoms with Gasteiger partial charge in [-0.05, 0) is 34.9 Å². The van der Waals surface area contributed by atoms with Crippen LogP contribution >= 0.6 is 0 Å². The first-order chi connectivity index (χ1) is 19.8. The lowest BCUT2D eigenvalue weighted by atomic mass is 9.90. The molecule has 0 fully saturated rings. The first-order valence-electron chi connectivity index (χ1n) is 12.2. The summed E-state index contributed by atoms with van der Waals surface area (Å²) in [6.45, 7) is -0.306. The molecule has 0 aromatic heterocycles. The third-order valence-corrected chi connectivity index (χ3v) is 5.79. The lowest BCUT2D eigenvalue weighted by Crippen LogP contribution is -2.37. The van der Waals surface area contributed by atoms with E-state index in [4.69, 9.17) is 4.74 Å². The summed E-state index contributed by atoms with van der Waals surface area (Å²) in [5, 5.41) is 28.8. The minimum atomic E-state index is -0.774. The van der Waals surface area contributed by atoms with Gasteiger partial charge in [0.25, 0.3) is 11.6 Å². The van der Waals surface area contributed by atoms with Gasteiger partial charge in [-0.1, -0.05) is 72.8 Å². The van der Waals surface area contributed by atoms with Crippen LogP contribution in [-0.2, 0) is 9.59 Å². The first kappa shape index (κ1) is 28.1. The van der Waals surface area contributed by atoms with E-state index in [1.165, 1.54) is 18.3 Å². The van der Waals surface area contributed by atoms with Gasteiger partial charge in [-0.2, -0.15) is 5.10 Å². The predicted molar refractivity (Wildman–Crippen MR) is 150 cm³/mol. The van der Waals surface area contributed by atoms with Crippen LogP contribution in [-0.4, -0.2) is 34.4 Å². The van der Waals surface area contributed by atoms with Crippen molar-refractivity contribution < 1.29 is 24.2 Å². The van der Waals surface area contributed by atoms with E-state index < -0.39 is 33.0 Å². The third kappa shape index (κ3) is 7.57. The molecule has 0 aliphatic carbocycles. The van der Waals surface area contributed by atoms with E-state index in [-0.39, 0.29) is 24.0 Å². The molecule has 2 amide bonds. The number of nitro benzene ring substituents is 2. The number of nitrogens with zero attached hydrogens (tertiary/aromatic N) is 3. The minimum absolute atomic E-state index is 0.178. The van der Waals surface area contributed by atoms with Gasteiger partial charge in [0.15, 0.2) is 0 Å². The van der Waals surface area contributed by atoms with Crippen LogP contribution in [0.25, 0.3) is 0 Å². The normalized spacial score (nSPS) is 10.8. The average Bonchev–Trinajstić information content (AvgIpc) is 2.97. The van der Waals surface area contributed by atoms with E-state index in [1.54, 1.807) is 12.1 Å². The summed E-state index contributed by atoms with van der Waals surface area (Å²) in [4.78, 5) is 46.1. The highest BCUT2D eigenvalue weighted by Gasteiger charge is 2.23. The lowest BCUT2D eigenvalue weighted by Gasteiger charge is -2.17. The molecule has 0 atom stereocenters. The molecule has 206 valence electrons. The number of benzene rings is 4. The van der Waals surface area contributed by atoms with Crippen molar-refractivity contribution in [1.29, 1.82) is 0 Å². The highest BCUT2D eigenvalue weighted by molar-refractivity contribution is 5.91. The van der Waals surface area contributed by atoms with Crippen molar-refractivity contribution in [2.45, 2.75) is 5.92 Å². The topological polar surface area (TPSA) is 166 Å². The number of nitrogens with one attached hydrogen (secondary N) is 2. The summed E-state index contributed by atoms with van der Waals surface area (Å²) in [5.74, 6) is -1.46. The quantitative estimate of drug-likeness (QED) is 0.154. The van der Waals surface area contributed by atoms with Gasteiger partial charge in [0.1, 0.15) is 5.75 Å². The Morgan fingerprint density at radius 3 is 2.10 bits per heavy atom. The number of carbonyl (C=O) groups excluding carboxylic acids is 2. The van der Waals surface area contributed by atoms with Gasteiger partial charge < -0.3 is 10.1 Å². The number of hydrazone groups is 1. The van der Waals surface area contributed by atoms with Crippen molar-refractivity contribution in [3.63, 3.8) is 0 Å². The molecule has 12 heteroatoms. The highest BCUT2D eigenvalue weighted by Crippen LogP contribution is 2.34. The van der Waals surface area contributed by atoms with Crippen molar-refractivity contribution in [1.82, 2.24) is 10.7 Å². The Balaban J connectivity index is 1.36. The largest absolute Gasteiger partial charge is 0.450 e. The third-order valence-electron chi connectivity index (χ3n) is 5.79.